The van der Waals surface area contributed by atoms with Gasteiger partial charge >= 0.3 is 12.0 Å². The summed E-state index contributed by atoms with van der Waals surface area (Å²) in [5.74, 6) is 0.680. The number of rotatable bonds is 8. The molecule has 2 aliphatic rings. The van der Waals surface area contributed by atoms with Gasteiger partial charge in [0.25, 0.3) is 0 Å². The molecule has 0 bridgehead atoms. The lowest BCUT2D eigenvalue weighted by molar-refractivity contribution is -0.159. The van der Waals surface area contributed by atoms with Crippen LogP contribution in [-0.4, -0.2) is 56.8 Å². The Morgan fingerprint density at radius 2 is 1.94 bits per heavy atom. The van der Waals surface area contributed by atoms with E-state index in [0.717, 1.165) is 42.9 Å². The molecule has 2 amide bonds. The fourth-order valence-corrected chi connectivity index (χ4v) is 4.96. The van der Waals surface area contributed by atoms with Crippen molar-refractivity contribution in [3.63, 3.8) is 0 Å². The molecule has 33 heavy (non-hydrogen) atoms. The molecule has 0 unspecified atom stereocenters. The predicted molar refractivity (Wildman–Crippen MR) is 127 cm³/mol. The Hall–Kier alpha value is -3.06. The lowest BCUT2D eigenvalue weighted by Gasteiger charge is -2.41. The number of anilines is 1. The monoisotopic (exact) mass is 451 g/mol. The average molecular weight is 452 g/mol. The first-order chi connectivity index (χ1) is 16.0. The molecule has 2 aromatic carbocycles. The Labute approximate surface area is 195 Å². The molecule has 7 heteroatoms. The SMILES string of the molecule is CCOC(=O)[C@]1(Cc2cccc(OC)c2)CCCN(Cc2ccc(N3CCNC3=O)cc2)C1. The lowest BCUT2D eigenvalue weighted by Crippen LogP contribution is -2.49. The highest BCUT2D eigenvalue weighted by Crippen LogP contribution is 2.36. The van der Waals surface area contributed by atoms with Crippen molar-refractivity contribution in [2.75, 3.05) is 44.8 Å². The average Bonchev–Trinajstić information content (AvgIpc) is 3.26. The number of amides is 2. The molecule has 0 aromatic heterocycles. The minimum atomic E-state index is -0.575. The molecule has 1 N–H and O–H groups in total. The minimum absolute atomic E-state index is 0.0458. The second kappa shape index (κ2) is 10.3. The van der Waals surface area contributed by atoms with Gasteiger partial charge in [-0.25, -0.2) is 4.79 Å². The molecule has 2 heterocycles. The first-order valence-electron chi connectivity index (χ1n) is 11.7. The third-order valence-corrected chi connectivity index (χ3v) is 6.55. The maximum absolute atomic E-state index is 13.2. The molecule has 2 aliphatic heterocycles. The van der Waals surface area contributed by atoms with Crippen LogP contribution >= 0.6 is 0 Å². The highest BCUT2D eigenvalue weighted by atomic mass is 16.5. The zero-order valence-electron chi connectivity index (χ0n) is 19.5. The van der Waals surface area contributed by atoms with E-state index in [0.29, 0.717) is 32.7 Å². The number of carbonyl (C=O) groups excluding carboxylic acids is 2. The summed E-state index contributed by atoms with van der Waals surface area (Å²) >= 11 is 0. The molecule has 2 saturated heterocycles. The van der Waals surface area contributed by atoms with Crippen LogP contribution in [0.1, 0.15) is 30.9 Å². The molecule has 7 nitrogen and oxygen atoms in total. The zero-order chi connectivity index (χ0) is 23.3. The number of benzene rings is 2. The van der Waals surface area contributed by atoms with Gasteiger partial charge in [0.2, 0.25) is 0 Å². The zero-order valence-corrected chi connectivity index (χ0v) is 19.5. The van der Waals surface area contributed by atoms with Crippen molar-refractivity contribution in [2.45, 2.75) is 32.7 Å². The van der Waals surface area contributed by atoms with Crippen molar-refractivity contribution in [1.29, 1.82) is 0 Å². The number of nitrogens with zero attached hydrogens (tertiary/aromatic N) is 2. The molecule has 4 rings (SSSR count). The van der Waals surface area contributed by atoms with Gasteiger partial charge in [-0.2, -0.15) is 0 Å². The van der Waals surface area contributed by atoms with E-state index in [4.69, 9.17) is 9.47 Å². The third-order valence-electron chi connectivity index (χ3n) is 6.55. The van der Waals surface area contributed by atoms with Gasteiger partial charge in [-0.15, -0.1) is 0 Å². The fourth-order valence-electron chi connectivity index (χ4n) is 4.96. The second-order valence-electron chi connectivity index (χ2n) is 8.89. The molecule has 0 aliphatic carbocycles. The van der Waals surface area contributed by atoms with Gasteiger partial charge in [0.05, 0.1) is 19.1 Å². The van der Waals surface area contributed by atoms with Gasteiger partial charge in [-0.05, 0) is 68.1 Å². The quantitative estimate of drug-likeness (QED) is 0.621. The van der Waals surface area contributed by atoms with E-state index in [1.807, 2.05) is 37.3 Å². The lowest BCUT2D eigenvalue weighted by atomic mass is 9.75. The van der Waals surface area contributed by atoms with Crippen LogP contribution in [0.25, 0.3) is 0 Å². The Morgan fingerprint density at radius 3 is 2.64 bits per heavy atom. The van der Waals surface area contributed by atoms with E-state index < -0.39 is 5.41 Å². The molecule has 2 fully saturated rings. The molecule has 0 radical (unpaired) electrons. The van der Waals surface area contributed by atoms with Crippen LogP contribution in [-0.2, 0) is 22.5 Å². The Balaban J connectivity index is 1.49. The Kier molecular flexibility index (Phi) is 7.18. The summed E-state index contributed by atoms with van der Waals surface area (Å²) in [6.07, 6.45) is 2.37. The molecular weight excluding hydrogens is 418 g/mol. The fraction of sp³-hybridized carbons (Fsp3) is 0.462. The number of nitrogens with one attached hydrogen (secondary N) is 1. The molecule has 0 spiro atoms. The summed E-state index contributed by atoms with van der Waals surface area (Å²) in [6.45, 7) is 5.96. The topological polar surface area (TPSA) is 71.1 Å². The smallest absolute Gasteiger partial charge is 0.321 e. The number of urea groups is 1. The number of piperidine rings is 1. The van der Waals surface area contributed by atoms with Gasteiger partial charge in [-0.3, -0.25) is 14.6 Å². The van der Waals surface area contributed by atoms with E-state index in [-0.39, 0.29) is 12.0 Å². The van der Waals surface area contributed by atoms with Crippen LogP contribution in [0.3, 0.4) is 0 Å². The number of carbonyl (C=O) groups is 2. The summed E-state index contributed by atoms with van der Waals surface area (Å²) in [4.78, 5) is 29.2. The van der Waals surface area contributed by atoms with E-state index >= 15 is 0 Å². The highest BCUT2D eigenvalue weighted by molar-refractivity contribution is 5.94. The standard InChI is InChI=1S/C26H33N3O4/c1-3-33-24(30)26(17-21-6-4-7-23(16-21)32-2)12-5-14-28(19-26)18-20-8-10-22(11-9-20)29-15-13-27-25(29)31/h4,6-11,16H,3,5,12-15,17-19H2,1-2H3,(H,27,31)/t26-/m0/s1. The van der Waals surface area contributed by atoms with Crippen molar-refractivity contribution in [2.24, 2.45) is 5.41 Å². The summed E-state index contributed by atoms with van der Waals surface area (Å²) in [6, 6.07) is 16.0. The van der Waals surface area contributed by atoms with Crippen molar-refractivity contribution in [1.82, 2.24) is 10.2 Å². The number of hydrogen-bond acceptors (Lipinski definition) is 5. The molecule has 176 valence electrons. The van der Waals surface area contributed by atoms with E-state index in [2.05, 4.69) is 28.4 Å². The van der Waals surface area contributed by atoms with Crippen molar-refractivity contribution in [3.05, 3.63) is 59.7 Å². The van der Waals surface area contributed by atoms with Gasteiger partial charge in [-0.1, -0.05) is 24.3 Å². The number of hydrogen-bond donors (Lipinski definition) is 1. The molecule has 1 atom stereocenters. The summed E-state index contributed by atoms with van der Waals surface area (Å²) < 4.78 is 10.9. The van der Waals surface area contributed by atoms with Crippen molar-refractivity contribution < 1.29 is 19.1 Å². The van der Waals surface area contributed by atoms with Gasteiger partial charge in [0, 0.05) is 31.9 Å². The summed E-state index contributed by atoms with van der Waals surface area (Å²) in [7, 11) is 1.66. The minimum Gasteiger partial charge on any atom is -0.497 e. The van der Waals surface area contributed by atoms with Gasteiger partial charge in [0.1, 0.15) is 5.75 Å². The number of likely N-dealkylation sites (tertiary alicyclic amines) is 1. The van der Waals surface area contributed by atoms with Crippen molar-refractivity contribution >= 4 is 17.7 Å². The largest absolute Gasteiger partial charge is 0.497 e. The first kappa shape index (κ1) is 23.1. The maximum atomic E-state index is 13.2. The van der Waals surface area contributed by atoms with Gasteiger partial charge < -0.3 is 14.8 Å². The van der Waals surface area contributed by atoms with Crippen LogP contribution in [0.15, 0.2) is 48.5 Å². The Bertz CT molecular complexity index is 978. The number of ether oxygens (including phenoxy) is 2. The van der Waals surface area contributed by atoms with Crippen LogP contribution < -0.4 is 15.0 Å². The summed E-state index contributed by atoms with van der Waals surface area (Å²) in [5, 5.41) is 2.83. The second-order valence-corrected chi connectivity index (χ2v) is 8.89. The maximum Gasteiger partial charge on any atom is 0.321 e. The third kappa shape index (κ3) is 5.30. The van der Waals surface area contributed by atoms with Crippen LogP contribution in [0.5, 0.6) is 5.75 Å². The molecule has 0 saturated carbocycles. The molecule has 2 aromatic rings. The first-order valence-corrected chi connectivity index (χ1v) is 11.7. The van der Waals surface area contributed by atoms with E-state index in [9.17, 15) is 9.59 Å². The Morgan fingerprint density at radius 1 is 1.12 bits per heavy atom. The highest BCUT2D eigenvalue weighted by Gasteiger charge is 2.43. The molecular formula is C26H33N3O4. The summed E-state index contributed by atoms with van der Waals surface area (Å²) in [5.41, 5.74) is 2.58. The van der Waals surface area contributed by atoms with Crippen LogP contribution in [0, 0.1) is 5.41 Å². The normalized spacial score (nSPS) is 21.0. The van der Waals surface area contributed by atoms with Crippen LogP contribution in [0.4, 0.5) is 10.5 Å². The van der Waals surface area contributed by atoms with E-state index in [1.54, 1.807) is 12.0 Å². The van der Waals surface area contributed by atoms with Crippen LogP contribution in [0.2, 0.25) is 0 Å². The van der Waals surface area contributed by atoms with E-state index in [1.165, 1.54) is 5.56 Å². The number of esters is 1. The van der Waals surface area contributed by atoms with Gasteiger partial charge in [0.15, 0.2) is 0 Å². The predicted octanol–water partition coefficient (Wildman–Crippen LogP) is 3.61. The van der Waals surface area contributed by atoms with Crippen molar-refractivity contribution in [3.8, 4) is 5.75 Å². The number of methoxy groups -OCH3 is 1.